The van der Waals surface area contributed by atoms with E-state index in [1.54, 1.807) is 0 Å². The van der Waals surface area contributed by atoms with Crippen molar-refractivity contribution in [1.29, 1.82) is 0 Å². The van der Waals surface area contributed by atoms with Crippen molar-refractivity contribution in [3.05, 3.63) is 51.9 Å². The van der Waals surface area contributed by atoms with Crippen molar-refractivity contribution >= 4 is 21.7 Å². The van der Waals surface area contributed by atoms with Gasteiger partial charge in [0.2, 0.25) is 0 Å². The summed E-state index contributed by atoms with van der Waals surface area (Å²) >= 11 is 3.51. The Bertz CT molecular complexity index is 618. The molecule has 2 aromatic rings. The molecule has 2 rings (SSSR count). The van der Waals surface area contributed by atoms with E-state index >= 15 is 0 Å². The average molecular weight is 348 g/mol. The van der Waals surface area contributed by atoms with Crippen molar-refractivity contribution in [2.45, 2.75) is 39.5 Å². The van der Waals surface area contributed by atoms with Crippen molar-refractivity contribution in [2.24, 2.45) is 0 Å². The fraction of sp³-hybridized carbons (Fsp3) is 0.412. The topological polar surface area (TPSA) is 37.8 Å². The third-order valence-electron chi connectivity index (χ3n) is 3.15. The third kappa shape index (κ3) is 4.53. The van der Waals surface area contributed by atoms with Crippen LogP contribution >= 0.6 is 15.9 Å². The quantitative estimate of drug-likeness (QED) is 0.880. The smallest absolute Gasteiger partial charge is 0.135 e. The number of nitrogens with zero attached hydrogens (tertiary/aromatic N) is 2. The monoisotopic (exact) mass is 347 g/mol. The van der Waals surface area contributed by atoms with E-state index in [1.807, 2.05) is 18.2 Å². The fourth-order valence-corrected chi connectivity index (χ4v) is 2.51. The van der Waals surface area contributed by atoms with Crippen LogP contribution in [0.15, 0.2) is 34.8 Å². The Kier molecular flexibility index (Phi) is 4.99. The number of halogens is 1. The second kappa shape index (κ2) is 6.56. The SMILES string of the molecule is CCNc1cc(C(C)(C)C)nc(Cc2cccc(Br)c2)n1. The maximum Gasteiger partial charge on any atom is 0.135 e. The highest BCUT2D eigenvalue weighted by atomic mass is 79.9. The second-order valence-corrected chi connectivity index (χ2v) is 7.06. The van der Waals surface area contributed by atoms with E-state index < -0.39 is 0 Å². The van der Waals surface area contributed by atoms with E-state index in [4.69, 9.17) is 4.98 Å². The largest absolute Gasteiger partial charge is 0.370 e. The number of nitrogens with one attached hydrogen (secondary N) is 1. The van der Waals surface area contributed by atoms with Gasteiger partial charge in [-0.1, -0.05) is 48.8 Å². The molecule has 0 aliphatic heterocycles. The van der Waals surface area contributed by atoms with Crippen LogP contribution in [0.1, 0.15) is 44.8 Å². The molecule has 1 N–H and O–H groups in total. The lowest BCUT2D eigenvalue weighted by Gasteiger charge is -2.19. The van der Waals surface area contributed by atoms with Gasteiger partial charge in [0.1, 0.15) is 11.6 Å². The molecule has 1 aromatic carbocycles. The molecule has 0 atom stereocenters. The molecule has 4 heteroatoms. The third-order valence-corrected chi connectivity index (χ3v) is 3.64. The summed E-state index contributed by atoms with van der Waals surface area (Å²) < 4.78 is 1.08. The molecule has 0 radical (unpaired) electrons. The molecule has 0 unspecified atom stereocenters. The molecule has 0 bridgehead atoms. The Morgan fingerprint density at radius 2 is 1.90 bits per heavy atom. The van der Waals surface area contributed by atoms with Crippen LogP contribution in [-0.2, 0) is 11.8 Å². The molecule has 0 saturated heterocycles. The van der Waals surface area contributed by atoms with E-state index in [1.165, 1.54) is 5.56 Å². The summed E-state index contributed by atoms with van der Waals surface area (Å²) in [5.41, 5.74) is 2.29. The van der Waals surface area contributed by atoms with Gasteiger partial charge in [-0.3, -0.25) is 0 Å². The first-order valence-corrected chi connectivity index (χ1v) is 8.04. The Morgan fingerprint density at radius 1 is 1.14 bits per heavy atom. The molecular formula is C17H22BrN3. The van der Waals surface area contributed by atoms with Crippen LogP contribution in [0.5, 0.6) is 0 Å². The Hall–Kier alpha value is -1.42. The summed E-state index contributed by atoms with van der Waals surface area (Å²) in [5.74, 6) is 1.76. The maximum absolute atomic E-state index is 4.75. The van der Waals surface area contributed by atoms with Gasteiger partial charge in [-0.05, 0) is 24.6 Å². The van der Waals surface area contributed by atoms with Gasteiger partial charge in [0.05, 0.1) is 5.69 Å². The van der Waals surface area contributed by atoms with Gasteiger partial charge >= 0.3 is 0 Å². The molecule has 1 heterocycles. The average Bonchev–Trinajstić information content (AvgIpc) is 2.37. The van der Waals surface area contributed by atoms with Gasteiger partial charge in [-0.15, -0.1) is 0 Å². The molecular weight excluding hydrogens is 326 g/mol. The van der Waals surface area contributed by atoms with Gasteiger partial charge in [0, 0.05) is 28.9 Å². The van der Waals surface area contributed by atoms with E-state index in [0.29, 0.717) is 0 Å². The number of rotatable bonds is 4. The summed E-state index contributed by atoms with van der Waals surface area (Å²) in [5, 5.41) is 3.30. The highest BCUT2D eigenvalue weighted by molar-refractivity contribution is 9.10. The van der Waals surface area contributed by atoms with Crippen LogP contribution in [0.2, 0.25) is 0 Å². The molecule has 3 nitrogen and oxygen atoms in total. The van der Waals surface area contributed by atoms with E-state index in [0.717, 1.165) is 34.8 Å². The summed E-state index contributed by atoms with van der Waals surface area (Å²) in [7, 11) is 0. The van der Waals surface area contributed by atoms with Crippen LogP contribution < -0.4 is 5.32 Å². The minimum absolute atomic E-state index is 0.0130. The molecule has 0 spiro atoms. The normalized spacial score (nSPS) is 11.5. The minimum Gasteiger partial charge on any atom is -0.370 e. The standard InChI is InChI=1S/C17H22BrN3/c1-5-19-15-11-14(17(2,3)4)20-16(21-15)10-12-7-6-8-13(18)9-12/h6-9,11H,5,10H2,1-4H3,(H,19,20,21). The summed E-state index contributed by atoms with van der Waals surface area (Å²) in [6.45, 7) is 9.46. The first-order valence-electron chi connectivity index (χ1n) is 7.25. The van der Waals surface area contributed by atoms with Crippen LogP contribution in [0, 0.1) is 0 Å². The Morgan fingerprint density at radius 3 is 2.52 bits per heavy atom. The second-order valence-electron chi connectivity index (χ2n) is 6.14. The van der Waals surface area contributed by atoms with Gasteiger partial charge in [0.25, 0.3) is 0 Å². The Labute approximate surface area is 135 Å². The number of anilines is 1. The van der Waals surface area contributed by atoms with Gasteiger partial charge in [-0.25, -0.2) is 9.97 Å². The Balaban J connectivity index is 2.35. The predicted octanol–water partition coefficient (Wildman–Crippen LogP) is 4.56. The zero-order chi connectivity index (χ0) is 15.5. The lowest BCUT2D eigenvalue weighted by atomic mass is 9.92. The van der Waals surface area contributed by atoms with E-state index in [9.17, 15) is 0 Å². The summed E-state index contributed by atoms with van der Waals surface area (Å²) in [4.78, 5) is 9.37. The molecule has 0 aliphatic carbocycles. The number of hydrogen-bond donors (Lipinski definition) is 1. The first kappa shape index (κ1) is 16.0. The van der Waals surface area contributed by atoms with Crippen LogP contribution in [0.25, 0.3) is 0 Å². The molecule has 0 amide bonds. The minimum atomic E-state index is 0.0130. The van der Waals surface area contributed by atoms with Crippen molar-refractivity contribution in [3.8, 4) is 0 Å². The number of benzene rings is 1. The molecule has 21 heavy (non-hydrogen) atoms. The lowest BCUT2D eigenvalue weighted by molar-refractivity contribution is 0.563. The maximum atomic E-state index is 4.75. The lowest BCUT2D eigenvalue weighted by Crippen LogP contribution is -2.17. The van der Waals surface area contributed by atoms with E-state index in [-0.39, 0.29) is 5.41 Å². The molecule has 112 valence electrons. The number of hydrogen-bond acceptors (Lipinski definition) is 3. The van der Waals surface area contributed by atoms with Crippen molar-refractivity contribution < 1.29 is 0 Å². The van der Waals surface area contributed by atoms with Gasteiger partial charge in [0.15, 0.2) is 0 Å². The summed E-state index contributed by atoms with van der Waals surface area (Å²) in [6, 6.07) is 10.3. The zero-order valence-electron chi connectivity index (χ0n) is 13.1. The van der Waals surface area contributed by atoms with Gasteiger partial charge in [-0.2, -0.15) is 0 Å². The van der Waals surface area contributed by atoms with Crippen LogP contribution in [-0.4, -0.2) is 16.5 Å². The predicted molar refractivity (Wildman–Crippen MR) is 91.8 cm³/mol. The first-order chi connectivity index (χ1) is 9.88. The fourth-order valence-electron chi connectivity index (χ4n) is 2.06. The number of aromatic nitrogens is 2. The highest BCUT2D eigenvalue weighted by Crippen LogP contribution is 2.23. The van der Waals surface area contributed by atoms with E-state index in [2.05, 4.69) is 66.1 Å². The zero-order valence-corrected chi connectivity index (χ0v) is 14.7. The molecule has 0 fully saturated rings. The van der Waals surface area contributed by atoms with Crippen molar-refractivity contribution in [2.75, 3.05) is 11.9 Å². The molecule has 0 aliphatic rings. The molecule has 1 aromatic heterocycles. The van der Waals surface area contributed by atoms with Crippen LogP contribution in [0.3, 0.4) is 0 Å². The van der Waals surface area contributed by atoms with Crippen molar-refractivity contribution in [3.63, 3.8) is 0 Å². The summed E-state index contributed by atoms with van der Waals surface area (Å²) in [6.07, 6.45) is 0.738. The molecule has 0 saturated carbocycles. The van der Waals surface area contributed by atoms with Crippen molar-refractivity contribution in [1.82, 2.24) is 9.97 Å². The van der Waals surface area contributed by atoms with Crippen LogP contribution in [0.4, 0.5) is 5.82 Å². The van der Waals surface area contributed by atoms with Gasteiger partial charge < -0.3 is 5.32 Å². The highest BCUT2D eigenvalue weighted by Gasteiger charge is 2.18.